The number of methoxy groups -OCH3 is 1. The molecule has 1 aromatic heterocycles. The predicted octanol–water partition coefficient (Wildman–Crippen LogP) is 2.73. The van der Waals surface area contributed by atoms with Crippen molar-refractivity contribution < 1.29 is 9.66 Å². The van der Waals surface area contributed by atoms with Gasteiger partial charge in [0.2, 0.25) is 5.95 Å². The first-order valence-electron chi connectivity index (χ1n) is 8.08. The monoisotopic (exact) mass is 351 g/mol. The second kappa shape index (κ2) is 6.07. The van der Waals surface area contributed by atoms with Gasteiger partial charge in [-0.2, -0.15) is 0 Å². The molecule has 2 heterocycles. The summed E-state index contributed by atoms with van der Waals surface area (Å²) in [6, 6.07) is 14.2. The average Bonchev–Trinajstić information content (AvgIpc) is 3.04. The summed E-state index contributed by atoms with van der Waals surface area (Å²) in [6.45, 7) is 0. The fourth-order valence-corrected chi connectivity index (χ4v) is 3.30. The zero-order chi connectivity index (χ0) is 18.3. The van der Waals surface area contributed by atoms with Crippen LogP contribution in [0.4, 0.5) is 5.95 Å². The van der Waals surface area contributed by atoms with Gasteiger partial charge < -0.3 is 15.4 Å². The summed E-state index contributed by atoms with van der Waals surface area (Å²) in [5.74, 6) is 1.58. The topological polar surface area (TPSA) is 94.3 Å². The molecule has 0 radical (unpaired) electrons. The van der Waals surface area contributed by atoms with E-state index in [2.05, 4.69) is 15.6 Å². The molecule has 132 valence electrons. The lowest BCUT2D eigenvalue weighted by Gasteiger charge is -2.26. The van der Waals surface area contributed by atoms with E-state index in [0.29, 0.717) is 17.5 Å². The van der Waals surface area contributed by atoms with Crippen LogP contribution in [0.5, 0.6) is 5.75 Å². The number of para-hydroxylation sites is 2. The number of ether oxygens (including phenoxy) is 1. The third kappa shape index (κ3) is 2.34. The van der Waals surface area contributed by atoms with Crippen LogP contribution in [0.15, 0.2) is 60.0 Å². The minimum Gasteiger partial charge on any atom is -0.497 e. The van der Waals surface area contributed by atoms with Gasteiger partial charge in [-0.3, -0.25) is 14.7 Å². The molecule has 1 aliphatic heterocycles. The fraction of sp³-hybridized carbons (Fsp3) is 0.167. The van der Waals surface area contributed by atoms with Gasteiger partial charge in [-0.25, -0.2) is 4.98 Å². The van der Waals surface area contributed by atoms with Gasteiger partial charge in [-0.15, -0.1) is 0 Å². The second-order valence-corrected chi connectivity index (χ2v) is 5.86. The number of benzene rings is 2. The molecule has 0 bridgehead atoms. The van der Waals surface area contributed by atoms with Crippen molar-refractivity contribution in [3.8, 4) is 5.75 Å². The molecule has 0 spiro atoms. The minimum atomic E-state index is -0.623. The molecule has 4 rings (SSSR count). The summed E-state index contributed by atoms with van der Waals surface area (Å²) in [4.78, 5) is 16.1. The van der Waals surface area contributed by atoms with Crippen LogP contribution in [0.25, 0.3) is 11.0 Å². The summed E-state index contributed by atoms with van der Waals surface area (Å²) in [5, 5.41) is 17.8. The highest BCUT2D eigenvalue weighted by molar-refractivity contribution is 5.80. The molecular formula is C18H17N5O3. The first-order valence-corrected chi connectivity index (χ1v) is 8.08. The van der Waals surface area contributed by atoms with Crippen LogP contribution >= 0.6 is 0 Å². The zero-order valence-corrected chi connectivity index (χ0v) is 14.3. The first kappa shape index (κ1) is 15.9. The molecule has 1 aliphatic rings. The van der Waals surface area contributed by atoms with Crippen LogP contribution < -0.4 is 15.4 Å². The Kier molecular flexibility index (Phi) is 3.72. The van der Waals surface area contributed by atoms with E-state index in [1.165, 1.54) is 0 Å². The molecule has 26 heavy (non-hydrogen) atoms. The Morgan fingerprint density at radius 1 is 1.23 bits per heavy atom. The van der Waals surface area contributed by atoms with E-state index in [9.17, 15) is 10.1 Å². The van der Waals surface area contributed by atoms with Gasteiger partial charge in [0.05, 0.1) is 23.1 Å². The number of rotatable bonds is 4. The van der Waals surface area contributed by atoms with Crippen molar-refractivity contribution >= 4 is 17.0 Å². The van der Waals surface area contributed by atoms with E-state index in [1.54, 1.807) is 26.3 Å². The number of hydrogen-bond acceptors (Lipinski definition) is 6. The highest BCUT2D eigenvalue weighted by atomic mass is 16.6. The Labute approximate surface area is 149 Å². The van der Waals surface area contributed by atoms with Gasteiger partial charge >= 0.3 is 5.70 Å². The van der Waals surface area contributed by atoms with Crippen molar-refractivity contribution in [2.45, 2.75) is 6.04 Å². The Balaban J connectivity index is 1.99. The normalized spacial score (nSPS) is 16.2. The van der Waals surface area contributed by atoms with Crippen molar-refractivity contribution in [2.75, 3.05) is 19.5 Å². The van der Waals surface area contributed by atoms with Gasteiger partial charge in [0.15, 0.2) is 11.9 Å². The van der Waals surface area contributed by atoms with Gasteiger partial charge in [-0.05, 0) is 29.8 Å². The molecule has 1 atom stereocenters. The number of hydrogen-bond donors (Lipinski definition) is 2. The zero-order valence-electron chi connectivity index (χ0n) is 14.3. The fourth-order valence-electron chi connectivity index (χ4n) is 3.30. The average molecular weight is 351 g/mol. The third-order valence-corrected chi connectivity index (χ3v) is 4.48. The Hall–Kier alpha value is -3.55. The molecule has 1 unspecified atom stereocenters. The van der Waals surface area contributed by atoms with E-state index < -0.39 is 6.04 Å². The maximum Gasteiger partial charge on any atom is 0.313 e. The number of allylic oxidation sites excluding steroid dienone is 1. The lowest BCUT2D eigenvalue weighted by Crippen LogP contribution is -2.33. The highest BCUT2D eigenvalue weighted by Crippen LogP contribution is 2.38. The summed E-state index contributed by atoms with van der Waals surface area (Å²) >= 11 is 0. The number of anilines is 1. The lowest BCUT2D eigenvalue weighted by molar-refractivity contribution is -0.432. The van der Waals surface area contributed by atoms with Crippen molar-refractivity contribution in [3.63, 3.8) is 0 Å². The summed E-state index contributed by atoms with van der Waals surface area (Å²) in [5.41, 5.74) is 2.41. The van der Waals surface area contributed by atoms with Gasteiger partial charge in [0.25, 0.3) is 0 Å². The summed E-state index contributed by atoms with van der Waals surface area (Å²) < 4.78 is 7.07. The maximum atomic E-state index is 11.9. The van der Waals surface area contributed by atoms with E-state index >= 15 is 0 Å². The highest BCUT2D eigenvalue weighted by Gasteiger charge is 2.39. The number of fused-ring (bicyclic) bond motifs is 3. The molecule has 0 fully saturated rings. The first-order chi connectivity index (χ1) is 12.6. The smallest absolute Gasteiger partial charge is 0.313 e. The molecule has 8 heteroatoms. The SMILES string of the molecule is CNC1=C([N+](=O)[O-])C(c2ccc(OC)cc2)n2c(nc3ccccc32)N1. The third-order valence-electron chi connectivity index (χ3n) is 4.48. The van der Waals surface area contributed by atoms with Crippen molar-refractivity contribution in [2.24, 2.45) is 0 Å². The molecule has 3 aromatic rings. The molecule has 2 N–H and O–H groups in total. The summed E-state index contributed by atoms with van der Waals surface area (Å²) in [7, 11) is 3.23. The predicted molar refractivity (Wildman–Crippen MR) is 97.6 cm³/mol. The van der Waals surface area contributed by atoms with Crippen LogP contribution in [-0.2, 0) is 0 Å². The Bertz CT molecular complexity index is 1020. The second-order valence-electron chi connectivity index (χ2n) is 5.86. The van der Waals surface area contributed by atoms with Crippen LogP contribution in [0.1, 0.15) is 11.6 Å². The number of nitro groups is 1. The molecule has 0 saturated carbocycles. The largest absolute Gasteiger partial charge is 0.497 e. The molecule has 0 aliphatic carbocycles. The van der Waals surface area contributed by atoms with E-state index in [1.807, 2.05) is 41.0 Å². The molecule has 2 aromatic carbocycles. The quantitative estimate of drug-likeness (QED) is 0.554. The number of nitrogens with one attached hydrogen (secondary N) is 2. The van der Waals surface area contributed by atoms with Crippen LogP contribution in [0.2, 0.25) is 0 Å². The van der Waals surface area contributed by atoms with E-state index in [4.69, 9.17) is 4.74 Å². The number of aromatic nitrogens is 2. The number of nitrogens with zero attached hydrogens (tertiary/aromatic N) is 3. The van der Waals surface area contributed by atoms with Crippen LogP contribution in [0.3, 0.4) is 0 Å². The standard InChI is InChI=1S/C18H17N5O3/c1-19-17-16(23(24)25)15(11-7-9-12(26-2)10-8-11)22-14-6-4-3-5-13(14)20-18(22)21-17/h3-10,15,19H,1-2H3,(H,20,21). The lowest BCUT2D eigenvalue weighted by atomic mass is 10.0. The van der Waals surface area contributed by atoms with E-state index in [0.717, 1.165) is 16.6 Å². The molecular weight excluding hydrogens is 334 g/mol. The van der Waals surface area contributed by atoms with Crippen LogP contribution in [-0.4, -0.2) is 28.6 Å². The van der Waals surface area contributed by atoms with Gasteiger partial charge in [0.1, 0.15) is 5.75 Å². The number of imidazole rings is 1. The maximum absolute atomic E-state index is 11.9. The van der Waals surface area contributed by atoms with Gasteiger partial charge in [0, 0.05) is 7.05 Å². The van der Waals surface area contributed by atoms with E-state index in [-0.39, 0.29) is 10.6 Å². The Morgan fingerprint density at radius 2 is 1.96 bits per heavy atom. The van der Waals surface area contributed by atoms with Crippen molar-refractivity contribution in [1.82, 2.24) is 14.9 Å². The van der Waals surface area contributed by atoms with Crippen LogP contribution in [0, 0.1) is 10.1 Å². The molecule has 8 nitrogen and oxygen atoms in total. The van der Waals surface area contributed by atoms with Crippen molar-refractivity contribution in [3.05, 3.63) is 75.7 Å². The van der Waals surface area contributed by atoms with Gasteiger partial charge in [-0.1, -0.05) is 24.3 Å². The Morgan fingerprint density at radius 3 is 2.62 bits per heavy atom. The molecule has 0 amide bonds. The minimum absolute atomic E-state index is 0.0355. The molecule has 0 saturated heterocycles. The van der Waals surface area contributed by atoms with Crippen molar-refractivity contribution in [1.29, 1.82) is 0 Å². The summed E-state index contributed by atoms with van der Waals surface area (Å²) in [6.07, 6.45) is 0.